The fourth-order valence-corrected chi connectivity index (χ4v) is 8.55. The van der Waals surface area contributed by atoms with E-state index in [1.807, 2.05) is 60.7 Å². The normalized spacial score (nSPS) is 11.9. The minimum absolute atomic E-state index is 0.563. The zero-order valence-corrected chi connectivity index (χ0v) is 27.9. The molecule has 0 atom stereocenters. The van der Waals surface area contributed by atoms with Crippen LogP contribution in [0.5, 0.6) is 0 Å². The van der Waals surface area contributed by atoms with Crippen molar-refractivity contribution >= 4 is 75.9 Å². The van der Waals surface area contributed by atoms with E-state index in [0.29, 0.717) is 17.6 Å². The smallest absolute Gasteiger partial charge is 0.238 e. The zero-order valence-electron chi connectivity index (χ0n) is 27.1. The van der Waals surface area contributed by atoms with E-state index in [1.54, 1.807) is 11.3 Å². The number of benzene rings is 7. The molecule has 0 aliphatic rings. The zero-order chi connectivity index (χ0) is 33.5. The Balaban J connectivity index is 1.30. The first kappa shape index (κ1) is 28.2. The second-order valence-corrected chi connectivity index (χ2v) is 13.7. The maximum Gasteiger partial charge on any atom is 0.238 e. The van der Waals surface area contributed by atoms with Gasteiger partial charge in [-0.25, -0.2) is 9.97 Å². The Morgan fingerprint density at radius 2 is 0.922 bits per heavy atom. The molecule has 0 fully saturated rings. The number of fused-ring (bicyclic) bond motifs is 10. The molecule has 0 N–H and O–H groups in total. The van der Waals surface area contributed by atoms with Gasteiger partial charge in [0.05, 0.1) is 32.3 Å². The van der Waals surface area contributed by atoms with Crippen LogP contribution in [0.15, 0.2) is 158 Å². The van der Waals surface area contributed by atoms with Gasteiger partial charge in [0.15, 0.2) is 16.8 Å². The molecule has 7 aromatic carbocycles. The van der Waals surface area contributed by atoms with Gasteiger partial charge in [-0.05, 0) is 23.6 Å². The lowest BCUT2D eigenvalue weighted by Gasteiger charge is -2.12. The van der Waals surface area contributed by atoms with E-state index in [2.05, 4.69) is 106 Å². The highest BCUT2D eigenvalue weighted by molar-refractivity contribution is 7.21. The fraction of sp³-hybridized carbons (Fsp3) is 0. The second-order valence-electron chi connectivity index (χ2n) is 12.7. The number of para-hydroxylation sites is 2. The van der Waals surface area contributed by atoms with Crippen LogP contribution in [-0.2, 0) is 0 Å². The first-order valence-electron chi connectivity index (χ1n) is 16.9. The molecule has 4 heterocycles. The monoisotopic (exact) mass is 670 g/mol. The molecule has 11 rings (SSSR count). The van der Waals surface area contributed by atoms with E-state index in [4.69, 9.17) is 19.9 Å². The number of hydrogen-bond donors (Lipinski definition) is 0. The Hall–Kier alpha value is -6.70. The van der Waals surface area contributed by atoms with Crippen molar-refractivity contribution in [1.82, 2.24) is 29.1 Å². The van der Waals surface area contributed by atoms with Gasteiger partial charge in [0.1, 0.15) is 0 Å². The molecule has 0 bridgehead atoms. The molecule has 0 saturated heterocycles. The third-order valence-corrected chi connectivity index (χ3v) is 10.8. The Kier molecular flexibility index (Phi) is 6.02. The standard InChI is InChI=1S/C44H26N6S/c1-3-14-28(15-4-1)41-46-42(29-16-5-2-6-17-29)48-43(47-41)49-35-21-11-9-19-31(35)33-24-25-34-32-20-10-12-22-36(32)50(40(34)39(33)49)44-45-38-30-18-8-7-13-27(30)23-26-37(38)51-44/h1-26H. The molecule has 0 spiro atoms. The summed E-state index contributed by atoms with van der Waals surface area (Å²) in [5, 5.41) is 7.82. The molecule has 51 heavy (non-hydrogen) atoms. The maximum absolute atomic E-state index is 5.39. The molecule has 11 aromatic rings. The van der Waals surface area contributed by atoms with Crippen molar-refractivity contribution in [2.45, 2.75) is 0 Å². The molecule has 0 saturated carbocycles. The molecule has 7 heteroatoms. The van der Waals surface area contributed by atoms with Gasteiger partial charge in [0.25, 0.3) is 0 Å². The van der Waals surface area contributed by atoms with Crippen LogP contribution in [-0.4, -0.2) is 29.1 Å². The third-order valence-electron chi connectivity index (χ3n) is 9.82. The van der Waals surface area contributed by atoms with E-state index in [1.165, 1.54) is 10.8 Å². The largest absolute Gasteiger partial charge is 0.283 e. The van der Waals surface area contributed by atoms with Crippen LogP contribution in [0.1, 0.15) is 0 Å². The van der Waals surface area contributed by atoms with Crippen molar-refractivity contribution in [1.29, 1.82) is 0 Å². The Bertz CT molecular complexity index is 3080. The van der Waals surface area contributed by atoms with Gasteiger partial charge in [-0.2, -0.15) is 9.97 Å². The molecule has 238 valence electrons. The summed E-state index contributed by atoms with van der Waals surface area (Å²) >= 11 is 1.72. The lowest BCUT2D eigenvalue weighted by molar-refractivity contribution is 0.953. The van der Waals surface area contributed by atoms with Crippen LogP contribution in [0.3, 0.4) is 0 Å². The average molecular weight is 671 g/mol. The highest BCUT2D eigenvalue weighted by Crippen LogP contribution is 2.43. The van der Waals surface area contributed by atoms with Crippen molar-refractivity contribution in [2.75, 3.05) is 0 Å². The van der Waals surface area contributed by atoms with Gasteiger partial charge >= 0.3 is 0 Å². The van der Waals surface area contributed by atoms with Crippen LogP contribution in [0.25, 0.3) is 98.5 Å². The van der Waals surface area contributed by atoms with Crippen LogP contribution in [0, 0.1) is 0 Å². The molecule has 4 aromatic heterocycles. The van der Waals surface area contributed by atoms with Crippen LogP contribution in [0.2, 0.25) is 0 Å². The fourth-order valence-electron chi connectivity index (χ4n) is 7.55. The first-order chi connectivity index (χ1) is 25.3. The third kappa shape index (κ3) is 4.22. The number of rotatable bonds is 4. The van der Waals surface area contributed by atoms with Crippen molar-refractivity contribution in [2.24, 2.45) is 0 Å². The van der Waals surface area contributed by atoms with Crippen molar-refractivity contribution in [3.05, 3.63) is 158 Å². The summed E-state index contributed by atoms with van der Waals surface area (Å²) in [5.74, 6) is 1.81. The number of nitrogens with zero attached hydrogens (tertiary/aromatic N) is 6. The van der Waals surface area contributed by atoms with Gasteiger partial charge in [0.2, 0.25) is 5.95 Å². The Morgan fingerprint density at radius 3 is 1.57 bits per heavy atom. The highest BCUT2D eigenvalue weighted by Gasteiger charge is 2.24. The summed E-state index contributed by atoms with van der Waals surface area (Å²) in [7, 11) is 0. The predicted molar refractivity (Wildman–Crippen MR) is 210 cm³/mol. The van der Waals surface area contributed by atoms with E-state index in [9.17, 15) is 0 Å². The molecule has 0 aliphatic carbocycles. The maximum atomic E-state index is 5.39. The summed E-state index contributed by atoms with van der Waals surface area (Å²) in [6.07, 6.45) is 0. The SMILES string of the molecule is c1ccc(-c2nc(-c3ccccc3)nc(-n3c4ccccc4c4ccc5c6ccccc6n(-c6nc7c(ccc8ccccc87)s6)c5c43)n2)cc1. The summed E-state index contributed by atoms with van der Waals surface area (Å²) < 4.78 is 5.73. The van der Waals surface area contributed by atoms with Gasteiger partial charge in [-0.15, -0.1) is 0 Å². The Morgan fingerprint density at radius 1 is 0.392 bits per heavy atom. The van der Waals surface area contributed by atoms with E-state index in [-0.39, 0.29) is 0 Å². The minimum atomic E-state index is 0.563. The second kappa shape index (κ2) is 10.9. The lowest BCUT2D eigenvalue weighted by Crippen LogP contribution is -2.07. The van der Waals surface area contributed by atoms with E-state index in [0.717, 1.165) is 70.1 Å². The average Bonchev–Trinajstić information content (AvgIpc) is 3.89. The van der Waals surface area contributed by atoms with Crippen LogP contribution in [0.4, 0.5) is 0 Å². The summed E-state index contributed by atoms with van der Waals surface area (Å²) in [6.45, 7) is 0. The first-order valence-corrected chi connectivity index (χ1v) is 17.7. The van der Waals surface area contributed by atoms with Crippen molar-refractivity contribution < 1.29 is 0 Å². The van der Waals surface area contributed by atoms with Crippen LogP contribution >= 0.6 is 11.3 Å². The summed E-state index contributed by atoms with van der Waals surface area (Å²) in [6, 6.07) is 54.8. The van der Waals surface area contributed by atoms with Gasteiger partial charge in [-0.1, -0.05) is 151 Å². The van der Waals surface area contributed by atoms with Crippen molar-refractivity contribution in [3.8, 4) is 33.9 Å². The molecule has 0 amide bonds. The van der Waals surface area contributed by atoms with E-state index >= 15 is 0 Å². The topological polar surface area (TPSA) is 61.4 Å². The molecule has 0 aliphatic heterocycles. The van der Waals surface area contributed by atoms with Gasteiger partial charge in [-0.3, -0.25) is 9.13 Å². The number of hydrogen-bond acceptors (Lipinski definition) is 5. The quantitative estimate of drug-likeness (QED) is 0.187. The molecule has 0 radical (unpaired) electrons. The number of aromatic nitrogens is 6. The predicted octanol–water partition coefficient (Wildman–Crippen LogP) is 11.2. The van der Waals surface area contributed by atoms with Gasteiger partial charge < -0.3 is 0 Å². The van der Waals surface area contributed by atoms with Crippen LogP contribution < -0.4 is 0 Å². The summed E-state index contributed by atoms with van der Waals surface area (Å²) in [5.41, 5.74) is 7.10. The minimum Gasteiger partial charge on any atom is -0.283 e. The van der Waals surface area contributed by atoms with Crippen molar-refractivity contribution in [3.63, 3.8) is 0 Å². The number of thiazole rings is 1. The van der Waals surface area contributed by atoms with E-state index < -0.39 is 0 Å². The summed E-state index contributed by atoms with van der Waals surface area (Å²) in [4.78, 5) is 20.8. The lowest BCUT2D eigenvalue weighted by atomic mass is 10.1. The molecule has 0 unspecified atom stereocenters. The Labute approximate surface area is 295 Å². The molecule has 6 nitrogen and oxygen atoms in total. The van der Waals surface area contributed by atoms with Gasteiger partial charge in [0, 0.05) is 38.1 Å². The highest BCUT2D eigenvalue weighted by atomic mass is 32.1. The molecular weight excluding hydrogens is 645 g/mol. The molecular formula is C44H26N6S.